The van der Waals surface area contributed by atoms with Gasteiger partial charge in [0.05, 0.1) is 12.1 Å². The minimum atomic E-state index is -1.05. The number of carboxylic acid groups (broad SMARTS) is 1. The maximum Gasteiger partial charge on any atom is 0.328 e. The summed E-state index contributed by atoms with van der Waals surface area (Å²) in [5, 5.41) is 11.7. The van der Waals surface area contributed by atoms with Crippen molar-refractivity contribution >= 4 is 17.6 Å². The Hall–Kier alpha value is -1.65. The molecule has 0 aromatic heterocycles. The van der Waals surface area contributed by atoms with E-state index in [1.165, 1.54) is 6.08 Å². The van der Waals surface area contributed by atoms with Crippen molar-refractivity contribution in [1.82, 2.24) is 5.43 Å². The van der Waals surface area contributed by atoms with Crippen LogP contribution in [0.2, 0.25) is 0 Å². The third-order valence-electron chi connectivity index (χ3n) is 1.08. The second-order valence-corrected chi connectivity index (χ2v) is 1.99. The maximum absolute atomic E-state index is 10.5. The van der Waals surface area contributed by atoms with Crippen LogP contribution >= 0.6 is 0 Å². The molecule has 0 aliphatic carbocycles. The van der Waals surface area contributed by atoms with Gasteiger partial charge in [-0.3, -0.25) is 4.79 Å². The number of carbonyl (C=O) groups excluding carboxylic acids is 1. The number of nitrogens with one attached hydrogen (secondary N) is 1. The Kier molecular flexibility index (Phi) is 2.00. The molecule has 0 aromatic carbocycles. The average molecular weight is 154 g/mol. The van der Waals surface area contributed by atoms with Gasteiger partial charge in [0.15, 0.2) is 0 Å². The van der Waals surface area contributed by atoms with Gasteiger partial charge in [-0.1, -0.05) is 0 Å². The van der Waals surface area contributed by atoms with Gasteiger partial charge in [-0.25, -0.2) is 10.2 Å². The van der Waals surface area contributed by atoms with E-state index in [1.54, 1.807) is 0 Å². The van der Waals surface area contributed by atoms with Crippen molar-refractivity contribution in [3.05, 3.63) is 12.2 Å². The quantitative estimate of drug-likeness (QED) is 0.526. The number of aliphatic carboxylic acids is 1. The molecular weight excluding hydrogens is 148 g/mol. The Balaban J connectivity index is 2.51. The lowest BCUT2D eigenvalue weighted by Crippen LogP contribution is -2.08. The largest absolute Gasteiger partial charge is 0.478 e. The van der Waals surface area contributed by atoms with Crippen molar-refractivity contribution in [3.63, 3.8) is 0 Å². The Bertz CT molecular complexity index is 255. The lowest BCUT2D eigenvalue weighted by atomic mass is 10.2. The van der Waals surface area contributed by atoms with E-state index in [2.05, 4.69) is 10.5 Å². The van der Waals surface area contributed by atoms with Gasteiger partial charge in [0, 0.05) is 6.08 Å². The van der Waals surface area contributed by atoms with Gasteiger partial charge in [0.1, 0.15) is 0 Å². The Morgan fingerprint density at radius 2 is 2.45 bits per heavy atom. The zero-order chi connectivity index (χ0) is 8.27. The topological polar surface area (TPSA) is 78.8 Å². The molecule has 1 aliphatic heterocycles. The van der Waals surface area contributed by atoms with E-state index in [0.29, 0.717) is 5.71 Å². The highest BCUT2D eigenvalue weighted by Gasteiger charge is 2.11. The third-order valence-corrected chi connectivity index (χ3v) is 1.08. The van der Waals surface area contributed by atoms with Crippen LogP contribution in [-0.2, 0) is 9.59 Å². The fraction of sp³-hybridized carbons (Fsp3) is 0.167. The summed E-state index contributed by atoms with van der Waals surface area (Å²) >= 11 is 0. The first-order valence-electron chi connectivity index (χ1n) is 2.95. The highest BCUT2D eigenvalue weighted by atomic mass is 16.4. The molecule has 1 aliphatic rings. The third kappa shape index (κ3) is 2.21. The first kappa shape index (κ1) is 7.46. The standard InChI is InChI=1S/C6H6N2O3/c9-5-3-4(7-8-5)1-2-6(10)11/h1-2H,3H2,(H,8,9)(H,10,11). The zero-order valence-corrected chi connectivity index (χ0v) is 5.57. The fourth-order valence-corrected chi connectivity index (χ4v) is 0.641. The molecule has 58 valence electrons. The van der Waals surface area contributed by atoms with E-state index >= 15 is 0 Å². The lowest BCUT2D eigenvalue weighted by molar-refractivity contribution is -0.131. The summed E-state index contributed by atoms with van der Waals surface area (Å²) in [6.45, 7) is 0. The van der Waals surface area contributed by atoms with Crippen LogP contribution in [0.1, 0.15) is 6.42 Å². The van der Waals surface area contributed by atoms with E-state index in [-0.39, 0.29) is 12.3 Å². The molecule has 0 bridgehead atoms. The number of hydrazone groups is 1. The number of amides is 1. The molecule has 0 unspecified atom stereocenters. The summed E-state index contributed by atoms with van der Waals surface area (Å²) in [7, 11) is 0. The number of carbonyl (C=O) groups is 2. The predicted octanol–water partition coefficient (Wildman–Crippen LogP) is -0.497. The number of hydrogen-bond donors (Lipinski definition) is 2. The van der Waals surface area contributed by atoms with Crippen LogP contribution < -0.4 is 5.43 Å². The van der Waals surface area contributed by atoms with Gasteiger partial charge in [-0.15, -0.1) is 0 Å². The highest BCUT2D eigenvalue weighted by molar-refractivity contribution is 6.11. The molecule has 1 heterocycles. The normalized spacial score (nSPS) is 16.7. The molecule has 5 heteroatoms. The first-order valence-corrected chi connectivity index (χ1v) is 2.95. The van der Waals surface area contributed by atoms with Gasteiger partial charge >= 0.3 is 5.97 Å². The van der Waals surface area contributed by atoms with E-state index in [9.17, 15) is 9.59 Å². The summed E-state index contributed by atoms with van der Waals surface area (Å²) in [5.74, 6) is -1.26. The molecule has 0 aromatic rings. The van der Waals surface area contributed by atoms with Crippen molar-refractivity contribution in [3.8, 4) is 0 Å². The van der Waals surface area contributed by atoms with Crippen LogP contribution in [0, 0.1) is 0 Å². The number of allylic oxidation sites excluding steroid dienone is 1. The van der Waals surface area contributed by atoms with E-state index < -0.39 is 5.97 Å². The molecular formula is C6H6N2O3. The lowest BCUT2D eigenvalue weighted by Gasteiger charge is -1.81. The Labute approximate surface area is 62.4 Å². The average Bonchev–Trinajstić information content (AvgIpc) is 2.31. The molecule has 0 fully saturated rings. The minimum Gasteiger partial charge on any atom is -0.478 e. The van der Waals surface area contributed by atoms with Crippen LogP contribution in [0.15, 0.2) is 17.3 Å². The molecule has 1 rings (SSSR count). The van der Waals surface area contributed by atoms with Gasteiger partial charge in [-0.2, -0.15) is 5.10 Å². The van der Waals surface area contributed by atoms with E-state index in [1.807, 2.05) is 0 Å². The molecule has 2 N–H and O–H groups in total. The summed E-state index contributed by atoms with van der Waals surface area (Å²) < 4.78 is 0. The molecule has 0 saturated heterocycles. The molecule has 0 saturated carbocycles. The van der Waals surface area contributed by atoms with Crippen LogP contribution in [0.3, 0.4) is 0 Å². The molecule has 0 spiro atoms. The second-order valence-electron chi connectivity index (χ2n) is 1.99. The smallest absolute Gasteiger partial charge is 0.328 e. The summed E-state index contributed by atoms with van der Waals surface area (Å²) in [6.07, 6.45) is 2.39. The van der Waals surface area contributed by atoms with Gasteiger partial charge < -0.3 is 5.11 Å². The number of hydrogen-bond acceptors (Lipinski definition) is 3. The highest BCUT2D eigenvalue weighted by Crippen LogP contribution is 1.96. The van der Waals surface area contributed by atoms with Crippen molar-refractivity contribution in [2.75, 3.05) is 0 Å². The predicted molar refractivity (Wildman–Crippen MR) is 37.0 cm³/mol. The van der Waals surface area contributed by atoms with Crippen molar-refractivity contribution < 1.29 is 14.7 Å². The van der Waals surface area contributed by atoms with Gasteiger partial charge in [0.25, 0.3) is 0 Å². The molecule has 5 nitrogen and oxygen atoms in total. The van der Waals surface area contributed by atoms with Gasteiger partial charge in [0.2, 0.25) is 5.91 Å². The monoisotopic (exact) mass is 154 g/mol. The van der Waals surface area contributed by atoms with E-state index in [0.717, 1.165) is 6.08 Å². The fourth-order valence-electron chi connectivity index (χ4n) is 0.641. The summed E-state index contributed by atoms with van der Waals surface area (Å²) in [6, 6.07) is 0. The van der Waals surface area contributed by atoms with Crippen molar-refractivity contribution in [1.29, 1.82) is 0 Å². The van der Waals surface area contributed by atoms with Crippen LogP contribution in [0.25, 0.3) is 0 Å². The van der Waals surface area contributed by atoms with E-state index in [4.69, 9.17) is 5.11 Å². The first-order chi connectivity index (χ1) is 5.18. The Morgan fingerprint density at radius 3 is 2.91 bits per heavy atom. The Morgan fingerprint density at radius 1 is 1.73 bits per heavy atom. The zero-order valence-electron chi connectivity index (χ0n) is 5.57. The molecule has 11 heavy (non-hydrogen) atoms. The maximum atomic E-state index is 10.5. The second kappa shape index (κ2) is 2.96. The number of carboxylic acids is 1. The molecule has 0 atom stereocenters. The summed E-state index contributed by atoms with van der Waals surface area (Å²) in [5.41, 5.74) is 2.64. The van der Waals surface area contributed by atoms with Crippen molar-refractivity contribution in [2.45, 2.75) is 6.42 Å². The van der Waals surface area contributed by atoms with Crippen LogP contribution in [-0.4, -0.2) is 22.7 Å². The minimum absolute atomic E-state index is 0.157. The number of nitrogens with zero attached hydrogens (tertiary/aromatic N) is 1. The van der Waals surface area contributed by atoms with Crippen molar-refractivity contribution in [2.24, 2.45) is 5.10 Å². The summed E-state index contributed by atoms with van der Waals surface area (Å²) in [4.78, 5) is 20.5. The van der Waals surface area contributed by atoms with Gasteiger partial charge in [-0.05, 0) is 6.08 Å². The number of rotatable bonds is 2. The SMILES string of the molecule is O=C(O)C=CC1=NNC(=O)C1. The molecule has 0 radical (unpaired) electrons. The van der Waals surface area contributed by atoms with Crippen LogP contribution in [0.5, 0.6) is 0 Å². The molecule has 1 amide bonds. The van der Waals surface area contributed by atoms with Crippen LogP contribution in [0.4, 0.5) is 0 Å².